The zero-order valence-corrected chi connectivity index (χ0v) is 13.9. The smallest absolute Gasteiger partial charge is 0.324 e. The molecule has 1 aliphatic heterocycles. The van der Waals surface area contributed by atoms with Gasteiger partial charge in [0.05, 0.1) is 13.2 Å². The van der Waals surface area contributed by atoms with Crippen molar-refractivity contribution in [3.05, 3.63) is 35.3 Å². The summed E-state index contributed by atoms with van der Waals surface area (Å²) < 4.78 is 5.22. The highest BCUT2D eigenvalue weighted by Crippen LogP contribution is 2.31. The first kappa shape index (κ1) is 15.7. The monoisotopic (exact) mass is 332 g/mol. The predicted octanol–water partition coefficient (Wildman–Crippen LogP) is 3.70. The first-order valence-corrected chi connectivity index (χ1v) is 8.63. The molecule has 1 aliphatic rings. The second kappa shape index (κ2) is 7.41. The lowest BCUT2D eigenvalue weighted by atomic mass is 10.0. The minimum absolute atomic E-state index is 0.0799. The van der Waals surface area contributed by atoms with Crippen LogP contribution >= 0.6 is 11.3 Å². The molecule has 2 amide bonds. The lowest BCUT2D eigenvalue weighted by Gasteiger charge is -2.30. The van der Waals surface area contributed by atoms with Gasteiger partial charge in [0.25, 0.3) is 0 Å². The Morgan fingerprint density at radius 2 is 2.13 bits per heavy atom. The maximum absolute atomic E-state index is 12.7. The fourth-order valence-corrected chi connectivity index (χ4v) is 3.35. The molecule has 3 rings (SSSR count). The number of hydrogen-bond acceptors (Lipinski definition) is 5. The fraction of sp³-hybridized carbons (Fsp3) is 0.438. The number of benzene rings is 1. The molecule has 7 heteroatoms. The van der Waals surface area contributed by atoms with Crippen LogP contribution < -0.4 is 10.1 Å². The number of nitrogens with one attached hydrogen (secondary N) is 1. The summed E-state index contributed by atoms with van der Waals surface area (Å²) in [6.07, 6.45) is 4.26. The van der Waals surface area contributed by atoms with Crippen LogP contribution in [0.25, 0.3) is 0 Å². The molecule has 2 aromatic rings. The van der Waals surface area contributed by atoms with Crippen molar-refractivity contribution in [3.63, 3.8) is 0 Å². The van der Waals surface area contributed by atoms with Gasteiger partial charge in [0.1, 0.15) is 11.3 Å². The fourth-order valence-electron chi connectivity index (χ4n) is 2.91. The molecule has 1 aromatic carbocycles. The molecule has 0 aliphatic carbocycles. The number of likely N-dealkylation sites (tertiary alicyclic amines) is 1. The van der Waals surface area contributed by atoms with E-state index >= 15 is 0 Å². The van der Waals surface area contributed by atoms with E-state index in [1.807, 2.05) is 29.2 Å². The number of hydrogen-bond donors (Lipinski definition) is 1. The molecule has 1 fully saturated rings. The van der Waals surface area contributed by atoms with Gasteiger partial charge in [-0.25, -0.2) is 4.79 Å². The predicted molar refractivity (Wildman–Crippen MR) is 89.8 cm³/mol. The van der Waals surface area contributed by atoms with Gasteiger partial charge in [-0.15, -0.1) is 10.2 Å². The van der Waals surface area contributed by atoms with E-state index < -0.39 is 0 Å². The van der Waals surface area contributed by atoms with Crippen molar-refractivity contribution in [1.82, 2.24) is 15.1 Å². The first-order valence-electron chi connectivity index (χ1n) is 7.75. The van der Waals surface area contributed by atoms with E-state index in [0.29, 0.717) is 5.13 Å². The van der Waals surface area contributed by atoms with Crippen LogP contribution in [0.15, 0.2) is 29.8 Å². The minimum atomic E-state index is -0.107. The van der Waals surface area contributed by atoms with Crippen LogP contribution in [0, 0.1) is 0 Å². The van der Waals surface area contributed by atoms with Gasteiger partial charge in [-0.2, -0.15) is 0 Å². The molecule has 1 atom stereocenters. The average Bonchev–Trinajstić information content (AvgIpc) is 2.96. The van der Waals surface area contributed by atoms with Crippen molar-refractivity contribution in [1.29, 1.82) is 0 Å². The lowest BCUT2D eigenvalue weighted by Crippen LogP contribution is -2.38. The summed E-state index contributed by atoms with van der Waals surface area (Å²) in [5.41, 5.74) is 2.75. The highest BCUT2D eigenvalue weighted by atomic mass is 32.1. The van der Waals surface area contributed by atoms with E-state index in [9.17, 15) is 4.79 Å². The normalized spacial score (nSPS) is 18.3. The summed E-state index contributed by atoms with van der Waals surface area (Å²) >= 11 is 1.33. The molecule has 0 bridgehead atoms. The number of carbonyl (C=O) groups excluding carboxylic acids is 1. The van der Waals surface area contributed by atoms with Crippen molar-refractivity contribution >= 4 is 22.5 Å². The summed E-state index contributed by atoms with van der Waals surface area (Å²) in [7, 11) is 1.66. The SMILES string of the molecule is COc1ccc(C2CCCCCN2C(=O)Nc2nncs2)cc1. The maximum Gasteiger partial charge on any atom is 0.324 e. The Hall–Kier alpha value is -2.15. The van der Waals surface area contributed by atoms with Crippen LogP contribution in [0.4, 0.5) is 9.93 Å². The maximum atomic E-state index is 12.7. The number of rotatable bonds is 3. The lowest BCUT2D eigenvalue weighted by molar-refractivity contribution is 0.189. The van der Waals surface area contributed by atoms with Crippen LogP contribution in [0.2, 0.25) is 0 Å². The number of ether oxygens (including phenoxy) is 1. The molecular weight excluding hydrogens is 312 g/mol. The molecule has 1 unspecified atom stereocenters. The van der Waals surface area contributed by atoms with Crippen LogP contribution in [0.3, 0.4) is 0 Å². The molecule has 0 radical (unpaired) electrons. The number of carbonyl (C=O) groups is 1. The van der Waals surface area contributed by atoms with E-state index in [-0.39, 0.29) is 12.1 Å². The summed E-state index contributed by atoms with van der Waals surface area (Å²) in [5.74, 6) is 0.826. The third-order valence-corrected chi connectivity index (χ3v) is 4.69. The van der Waals surface area contributed by atoms with E-state index in [1.165, 1.54) is 11.3 Å². The van der Waals surface area contributed by atoms with Crippen molar-refractivity contribution in [2.45, 2.75) is 31.7 Å². The quantitative estimate of drug-likeness (QED) is 0.930. The largest absolute Gasteiger partial charge is 0.497 e. The van der Waals surface area contributed by atoms with E-state index in [1.54, 1.807) is 12.6 Å². The van der Waals surface area contributed by atoms with Gasteiger partial charge >= 0.3 is 6.03 Å². The molecule has 2 heterocycles. The molecular formula is C16H20N4O2S. The molecule has 6 nitrogen and oxygen atoms in total. The van der Waals surface area contributed by atoms with Gasteiger partial charge in [-0.05, 0) is 30.5 Å². The zero-order valence-electron chi connectivity index (χ0n) is 13.1. The Labute approximate surface area is 139 Å². The van der Waals surface area contributed by atoms with Crippen molar-refractivity contribution < 1.29 is 9.53 Å². The Balaban J connectivity index is 1.80. The second-order valence-corrected chi connectivity index (χ2v) is 6.34. The number of methoxy groups -OCH3 is 1. The topological polar surface area (TPSA) is 67.3 Å². The average molecular weight is 332 g/mol. The number of urea groups is 1. The molecule has 0 saturated carbocycles. The molecule has 23 heavy (non-hydrogen) atoms. The van der Waals surface area contributed by atoms with E-state index in [2.05, 4.69) is 15.5 Å². The molecule has 1 N–H and O–H groups in total. The minimum Gasteiger partial charge on any atom is -0.497 e. The highest BCUT2D eigenvalue weighted by molar-refractivity contribution is 7.13. The standard InChI is InChI=1S/C16H20N4O2S/c1-22-13-8-6-12(7-9-13)14-5-3-2-4-10-20(14)16(21)18-15-19-17-11-23-15/h6-9,11,14H,2-5,10H2,1H3,(H,18,19,21). The zero-order chi connectivity index (χ0) is 16.1. The van der Waals surface area contributed by atoms with E-state index in [0.717, 1.165) is 43.5 Å². The molecule has 1 saturated heterocycles. The number of anilines is 1. The number of amides is 2. The van der Waals surface area contributed by atoms with Gasteiger partial charge < -0.3 is 9.64 Å². The van der Waals surface area contributed by atoms with Gasteiger partial charge in [-0.3, -0.25) is 5.32 Å². The summed E-state index contributed by atoms with van der Waals surface area (Å²) in [6, 6.07) is 7.95. The van der Waals surface area contributed by atoms with Crippen LogP contribution in [-0.4, -0.2) is 34.8 Å². The van der Waals surface area contributed by atoms with Crippen LogP contribution in [0.1, 0.15) is 37.3 Å². The Bertz CT molecular complexity index is 630. The van der Waals surface area contributed by atoms with Gasteiger partial charge in [0, 0.05) is 6.54 Å². The van der Waals surface area contributed by atoms with Crippen molar-refractivity contribution in [2.75, 3.05) is 19.0 Å². The van der Waals surface area contributed by atoms with Gasteiger partial charge in [0.2, 0.25) is 5.13 Å². The van der Waals surface area contributed by atoms with Gasteiger partial charge in [-0.1, -0.05) is 36.3 Å². The highest BCUT2D eigenvalue weighted by Gasteiger charge is 2.27. The van der Waals surface area contributed by atoms with Crippen LogP contribution in [-0.2, 0) is 0 Å². The summed E-state index contributed by atoms with van der Waals surface area (Å²) in [4.78, 5) is 14.6. The Kier molecular flexibility index (Phi) is 5.07. The second-order valence-electron chi connectivity index (χ2n) is 5.51. The molecule has 0 spiro atoms. The van der Waals surface area contributed by atoms with Crippen molar-refractivity contribution in [2.24, 2.45) is 0 Å². The third-order valence-electron chi connectivity index (χ3n) is 4.09. The van der Waals surface area contributed by atoms with Gasteiger partial charge in [0.15, 0.2) is 0 Å². The molecule has 1 aromatic heterocycles. The Morgan fingerprint density at radius 3 is 2.83 bits per heavy atom. The number of aromatic nitrogens is 2. The van der Waals surface area contributed by atoms with Crippen LogP contribution in [0.5, 0.6) is 5.75 Å². The van der Waals surface area contributed by atoms with E-state index in [4.69, 9.17) is 4.74 Å². The van der Waals surface area contributed by atoms with Crippen molar-refractivity contribution in [3.8, 4) is 5.75 Å². The first-order chi connectivity index (χ1) is 11.3. The third kappa shape index (κ3) is 3.79. The summed E-state index contributed by atoms with van der Waals surface area (Å²) in [5, 5.41) is 11.0. The summed E-state index contributed by atoms with van der Waals surface area (Å²) in [6.45, 7) is 0.751. The molecule has 122 valence electrons. The number of nitrogens with zero attached hydrogens (tertiary/aromatic N) is 3. The Morgan fingerprint density at radius 1 is 1.30 bits per heavy atom.